The van der Waals surface area contributed by atoms with Gasteiger partial charge < -0.3 is 15.0 Å². The molecule has 6 heteroatoms. The summed E-state index contributed by atoms with van der Waals surface area (Å²) in [5.41, 5.74) is 3.79. The zero-order valence-corrected chi connectivity index (χ0v) is 12.2. The second kappa shape index (κ2) is 6.93. The van der Waals surface area contributed by atoms with Crippen LogP contribution in [0.15, 0.2) is 55.4 Å². The smallest absolute Gasteiger partial charge is 0.268 e. The second-order valence-corrected chi connectivity index (χ2v) is 4.95. The maximum absolute atomic E-state index is 11.5. The van der Waals surface area contributed by atoms with Gasteiger partial charge in [-0.15, -0.1) is 0 Å². The first-order valence-electron chi connectivity index (χ1n) is 6.84. The number of hydrogen-bond donors (Lipinski definition) is 4. The fourth-order valence-corrected chi connectivity index (χ4v) is 2.09. The molecule has 1 heterocycles. The third-order valence-corrected chi connectivity index (χ3v) is 3.32. The van der Waals surface area contributed by atoms with Gasteiger partial charge in [0.2, 0.25) is 0 Å². The predicted molar refractivity (Wildman–Crippen MR) is 83.3 cm³/mol. The fourth-order valence-electron chi connectivity index (χ4n) is 2.09. The lowest BCUT2D eigenvalue weighted by atomic mass is 10.1. The Labute approximate surface area is 128 Å². The van der Waals surface area contributed by atoms with E-state index in [1.165, 1.54) is 12.4 Å². The molecule has 6 nitrogen and oxygen atoms in total. The van der Waals surface area contributed by atoms with Crippen LogP contribution in [0.25, 0.3) is 11.4 Å². The number of rotatable bonds is 6. The van der Waals surface area contributed by atoms with Crippen LogP contribution in [0.1, 0.15) is 12.5 Å². The van der Waals surface area contributed by atoms with Crippen LogP contribution < -0.4 is 10.8 Å². The molecule has 1 amide bonds. The lowest BCUT2D eigenvalue weighted by Crippen LogP contribution is -2.48. The van der Waals surface area contributed by atoms with Crippen molar-refractivity contribution in [1.29, 1.82) is 0 Å². The molecule has 0 saturated heterocycles. The molecule has 2 aromatic rings. The van der Waals surface area contributed by atoms with Gasteiger partial charge in [0.05, 0.1) is 6.10 Å². The molecule has 0 aliphatic rings. The number of carbonyl (C=O) groups excluding carboxylic acids is 1. The van der Waals surface area contributed by atoms with Crippen molar-refractivity contribution in [2.45, 2.75) is 19.1 Å². The topological polar surface area (TPSA) is 86.5 Å². The Morgan fingerprint density at radius 3 is 2.32 bits per heavy atom. The van der Waals surface area contributed by atoms with E-state index in [4.69, 9.17) is 5.21 Å². The van der Waals surface area contributed by atoms with Crippen molar-refractivity contribution in [1.82, 2.24) is 15.4 Å². The van der Waals surface area contributed by atoms with Gasteiger partial charge >= 0.3 is 0 Å². The van der Waals surface area contributed by atoms with E-state index in [0.29, 0.717) is 5.70 Å². The van der Waals surface area contributed by atoms with Crippen LogP contribution in [0.2, 0.25) is 0 Å². The summed E-state index contributed by atoms with van der Waals surface area (Å²) in [6, 6.07) is 10.5. The number of nitrogens with zero attached hydrogens (tertiary/aromatic N) is 1. The van der Waals surface area contributed by atoms with E-state index < -0.39 is 18.1 Å². The highest BCUT2D eigenvalue weighted by Crippen LogP contribution is 2.15. The summed E-state index contributed by atoms with van der Waals surface area (Å²) >= 11 is 0. The van der Waals surface area contributed by atoms with Crippen LogP contribution in [0.5, 0.6) is 0 Å². The lowest BCUT2D eigenvalue weighted by molar-refractivity contribution is -0.133. The second-order valence-electron chi connectivity index (χ2n) is 4.95. The molecule has 0 spiro atoms. The van der Waals surface area contributed by atoms with Gasteiger partial charge in [-0.3, -0.25) is 10.0 Å². The molecule has 116 valence electrons. The molecule has 0 saturated carbocycles. The summed E-state index contributed by atoms with van der Waals surface area (Å²) in [5, 5.41) is 21.1. The molecule has 0 aliphatic carbocycles. The van der Waals surface area contributed by atoms with Gasteiger partial charge in [-0.25, -0.2) is 5.48 Å². The number of aliphatic hydroxyl groups is 1. The van der Waals surface area contributed by atoms with Crippen LogP contribution in [0.3, 0.4) is 0 Å². The van der Waals surface area contributed by atoms with E-state index in [0.717, 1.165) is 11.3 Å². The Hall–Kier alpha value is -2.57. The maximum Gasteiger partial charge on any atom is 0.268 e. The molecular weight excluding hydrogens is 282 g/mol. The van der Waals surface area contributed by atoms with E-state index >= 15 is 0 Å². The Morgan fingerprint density at radius 2 is 1.82 bits per heavy atom. The lowest BCUT2D eigenvalue weighted by Gasteiger charge is -2.22. The van der Waals surface area contributed by atoms with Crippen molar-refractivity contribution in [3.05, 3.63) is 60.9 Å². The van der Waals surface area contributed by atoms with Crippen molar-refractivity contribution < 1.29 is 15.1 Å². The van der Waals surface area contributed by atoms with Crippen LogP contribution in [0, 0.1) is 0 Å². The first-order chi connectivity index (χ1) is 10.5. The highest BCUT2D eigenvalue weighted by atomic mass is 16.5. The zero-order valence-electron chi connectivity index (χ0n) is 12.2. The Morgan fingerprint density at radius 1 is 1.23 bits per heavy atom. The molecule has 1 aromatic heterocycles. The SMILES string of the molecule is C=C(N[C@H](C(=O)NO)[C@@H](C)O)c1ccc(-n2cccc2)cc1. The van der Waals surface area contributed by atoms with Gasteiger partial charge in [0.15, 0.2) is 0 Å². The van der Waals surface area contributed by atoms with Crippen LogP contribution in [-0.4, -0.2) is 32.9 Å². The average molecular weight is 301 g/mol. The van der Waals surface area contributed by atoms with Crippen LogP contribution in [-0.2, 0) is 4.79 Å². The zero-order chi connectivity index (χ0) is 16.1. The van der Waals surface area contributed by atoms with Crippen LogP contribution in [0.4, 0.5) is 0 Å². The Bertz CT molecular complexity index is 633. The minimum absolute atomic E-state index is 0.480. The van der Waals surface area contributed by atoms with E-state index in [1.807, 2.05) is 53.4 Å². The average Bonchev–Trinajstić information content (AvgIpc) is 3.06. The summed E-state index contributed by atoms with van der Waals surface area (Å²) in [6.45, 7) is 5.32. The first kappa shape index (κ1) is 15.8. The van der Waals surface area contributed by atoms with Gasteiger partial charge in [-0.05, 0) is 36.8 Å². The number of carbonyl (C=O) groups is 1. The fraction of sp³-hybridized carbons (Fsp3) is 0.188. The van der Waals surface area contributed by atoms with Gasteiger partial charge in [0, 0.05) is 23.8 Å². The number of aromatic nitrogens is 1. The minimum atomic E-state index is -0.985. The maximum atomic E-state index is 11.5. The van der Waals surface area contributed by atoms with E-state index in [2.05, 4.69) is 11.9 Å². The highest BCUT2D eigenvalue weighted by molar-refractivity contribution is 5.83. The summed E-state index contributed by atoms with van der Waals surface area (Å²) in [7, 11) is 0. The number of nitrogens with one attached hydrogen (secondary N) is 2. The van der Waals surface area contributed by atoms with Gasteiger partial charge in [0.1, 0.15) is 6.04 Å². The van der Waals surface area contributed by atoms with Crippen molar-refractivity contribution >= 4 is 11.6 Å². The molecule has 4 N–H and O–H groups in total. The number of benzene rings is 1. The third-order valence-electron chi connectivity index (χ3n) is 3.32. The molecule has 0 bridgehead atoms. The summed E-state index contributed by atoms with van der Waals surface area (Å²) in [5.74, 6) is -0.722. The highest BCUT2D eigenvalue weighted by Gasteiger charge is 2.23. The number of hydroxylamine groups is 1. The van der Waals surface area contributed by atoms with E-state index in [-0.39, 0.29) is 0 Å². The number of aliphatic hydroxyl groups excluding tert-OH is 1. The van der Waals surface area contributed by atoms with Gasteiger partial charge in [0.25, 0.3) is 5.91 Å². The minimum Gasteiger partial charge on any atom is -0.391 e. The Balaban J connectivity index is 2.11. The first-order valence-corrected chi connectivity index (χ1v) is 6.84. The number of hydrogen-bond acceptors (Lipinski definition) is 4. The quantitative estimate of drug-likeness (QED) is 0.478. The molecule has 0 fully saturated rings. The van der Waals surface area contributed by atoms with Crippen molar-refractivity contribution in [2.75, 3.05) is 0 Å². The normalized spacial score (nSPS) is 13.2. The third kappa shape index (κ3) is 3.55. The monoisotopic (exact) mass is 301 g/mol. The summed E-state index contributed by atoms with van der Waals surface area (Å²) < 4.78 is 1.97. The molecule has 2 atom stereocenters. The van der Waals surface area contributed by atoms with Gasteiger partial charge in [-0.2, -0.15) is 0 Å². The molecule has 1 aromatic carbocycles. The van der Waals surface area contributed by atoms with Crippen LogP contribution >= 0.6 is 0 Å². The summed E-state index contributed by atoms with van der Waals surface area (Å²) in [6.07, 6.45) is 2.90. The molecule has 0 radical (unpaired) electrons. The van der Waals surface area contributed by atoms with E-state index in [1.54, 1.807) is 0 Å². The molecule has 22 heavy (non-hydrogen) atoms. The standard InChI is InChI=1S/C16H19N3O3/c1-11(17-15(12(2)20)16(21)18-22)13-5-7-14(8-6-13)19-9-3-4-10-19/h3-10,12,15,17,20,22H,1H2,2H3,(H,18,21)/t12-,15+/m1/s1. The van der Waals surface area contributed by atoms with Crippen molar-refractivity contribution in [2.24, 2.45) is 0 Å². The molecule has 0 aliphatic heterocycles. The Kier molecular flexibility index (Phi) is 4.98. The largest absolute Gasteiger partial charge is 0.391 e. The summed E-state index contributed by atoms with van der Waals surface area (Å²) in [4.78, 5) is 11.5. The molecule has 2 rings (SSSR count). The molecule has 0 unspecified atom stereocenters. The van der Waals surface area contributed by atoms with E-state index in [9.17, 15) is 9.90 Å². The number of amides is 1. The predicted octanol–water partition coefficient (Wildman–Crippen LogP) is 1.29. The van der Waals surface area contributed by atoms with Gasteiger partial charge in [-0.1, -0.05) is 18.7 Å². The molecular formula is C16H19N3O3. The van der Waals surface area contributed by atoms with Crippen molar-refractivity contribution in [3.8, 4) is 5.69 Å². The van der Waals surface area contributed by atoms with Crippen molar-refractivity contribution in [3.63, 3.8) is 0 Å².